The van der Waals surface area contributed by atoms with Gasteiger partial charge < -0.3 is 5.32 Å². The summed E-state index contributed by atoms with van der Waals surface area (Å²) in [5.74, 6) is -0.362. The molecule has 0 bridgehead atoms. The molecule has 0 heterocycles. The Bertz CT molecular complexity index is 1170. The van der Waals surface area contributed by atoms with E-state index >= 15 is 0 Å². The second kappa shape index (κ2) is 8.27. The Morgan fingerprint density at radius 1 is 0.862 bits per heavy atom. The molecule has 7 heteroatoms. The second-order valence-electron chi connectivity index (χ2n) is 6.89. The van der Waals surface area contributed by atoms with Crippen molar-refractivity contribution in [2.45, 2.75) is 25.7 Å². The number of aryl methyl sites for hydroxylation is 3. The van der Waals surface area contributed by atoms with Gasteiger partial charge in [-0.1, -0.05) is 29.8 Å². The first-order chi connectivity index (χ1) is 13.7. The third-order valence-electron chi connectivity index (χ3n) is 4.43. The van der Waals surface area contributed by atoms with E-state index in [0.29, 0.717) is 22.0 Å². The molecule has 5 nitrogen and oxygen atoms in total. The molecule has 3 aromatic carbocycles. The molecule has 0 saturated carbocycles. The number of anilines is 2. The van der Waals surface area contributed by atoms with Gasteiger partial charge >= 0.3 is 0 Å². The van der Waals surface area contributed by atoms with Gasteiger partial charge in [-0.15, -0.1) is 0 Å². The Morgan fingerprint density at radius 2 is 1.48 bits per heavy atom. The van der Waals surface area contributed by atoms with Crippen LogP contribution in [0.3, 0.4) is 0 Å². The Balaban J connectivity index is 1.77. The van der Waals surface area contributed by atoms with Crippen LogP contribution in [0.15, 0.2) is 65.6 Å². The first-order valence-electron chi connectivity index (χ1n) is 8.93. The van der Waals surface area contributed by atoms with E-state index in [9.17, 15) is 13.2 Å². The molecule has 0 saturated heterocycles. The van der Waals surface area contributed by atoms with E-state index in [1.165, 1.54) is 24.3 Å². The van der Waals surface area contributed by atoms with Crippen LogP contribution in [0.5, 0.6) is 0 Å². The zero-order chi connectivity index (χ0) is 21.2. The first-order valence-corrected chi connectivity index (χ1v) is 10.8. The molecule has 1 amide bonds. The molecule has 0 unspecified atom stereocenters. The number of nitrogens with one attached hydrogen (secondary N) is 2. The summed E-state index contributed by atoms with van der Waals surface area (Å²) < 4.78 is 28.0. The van der Waals surface area contributed by atoms with E-state index < -0.39 is 10.0 Å². The van der Waals surface area contributed by atoms with Gasteiger partial charge in [0.1, 0.15) is 0 Å². The van der Waals surface area contributed by atoms with Crippen LogP contribution in [0.4, 0.5) is 11.4 Å². The van der Waals surface area contributed by atoms with Crippen LogP contribution in [-0.2, 0) is 10.0 Å². The largest absolute Gasteiger partial charge is 0.322 e. The number of benzene rings is 3. The molecule has 2 N–H and O–H groups in total. The van der Waals surface area contributed by atoms with Gasteiger partial charge in [0.05, 0.1) is 21.2 Å². The number of halogens is 1. The lowest BCUT2D eigenvalue weighted by Crippen LogP contribution is -2.15. The summed E-state index contributed by atoms with van der Waals surface area (Å²) in [6.45, 7) is 5.63. The first kappa shape index (κ1) is 20.9. The maximum Gasteiger partial charge on any atom is 0.261 e. The van der Waals surface area contributed by atoms with Gasteiger partial charge in [-0.05, 0) is 79.9 Å². The molecule has 3 rings (SSSR count). The number of carbonyl (C=O) groups excluding carboxylic acids is 1. The van der Waals surface area contributed by atoms with Crippen LogP contribution < -0.4 is 10.0 Å². The predicted molar refractivity (Wildman–Crippen MR) is 117 cm³/mol. The summed E-state index contributed by atoms with van der Waals surface area (Å²) in [6.07, 6.45) is 0. The highest BCUT2D eigenvalue weighted by Crippen LogP contribution is 2.23. The third-order valence-corrected chi connectivity index (χ3v) is 6.12. The number of hydrogen-bond donors (Lipinski definition) is 2. The van der Waals surface area contributed by atoms with Gasteiger partial charge in [-0.25, -0.2) is 8.42 Å². The minimum Gasteiger partial charge on any atom is -0.322 e. The van der Waals surface area contributed by atoms with E-state index in [1.807, 2.05) is 32.9 Å². The molecule has 0 fully saturated rings. The molecule has 0 radical (unpaired) electrons. The summed E-state index contributed by atoms with van der Waals surface area (Å²) in [7, 11) is -3.75. The normalized spacial score (nSPS) is 11.2. The SMILES string of the molecule is Cc1ccc(C(=O)Nc2ccc(S(=O)(=O)Nc3cc(C)ccc3C)cc2)c(Cl)c1. The summed E-state index contributed by atoms with van der Waals surface area (Å²) in [6, 6.07) is 16.7. The fourth-order valence-corrected chi connectivity index (χ4v) is 4.21. The van der Waals surface area contributed by atoms with Crippen molar-refractivity contribution in [3.8, 4) is 0 Å². The van der Waals surface area contributed by atoms with Crippen molar-refractivity contribution in [1.29, 1.82) is 0 Å². The maximum atomic E-state index is 12.7. The molecule has 0 aromatic heterocycles. The molecule has 0 aliphatic heterocycles. The number of hydrogen-bond acceptors (Lipinski definition) is 3. The topological polar surface area (TPSA) is 75.3 Å². The van der Waals surface area contributed by atoms with E-state index in [4.69, 9.17) is 11.6 Å². The van der Waals surface area contributed by atoms with Crippen molar-refractivity contribution in [3.05, 3.63) is 87.9 Å². The quantitative estimate of drug-likeness (QED) is 0.577. The molecule has 3 aromatic rings. The average Bonchev–Trinajstić information content (AvgIpc) is 2.65. The van der Waals surface area contributed by atoms with E-state index in [0.717, 1.165) is 16.7 Å². The van der Waals surface area contributed by atoms with Gasteiger partial charge in [-0.3, -0.25) is 9.52 Å². The zero-order valence-corrected chi connectivity index (χ0v) is 17.9. The van der Waals surface area contributed by atoms with Gasteiger partial charge in [0.25, 0.3) is 15.9 Å². The number of amides is 1. The maximum absolute atomic E-state index is 12.7. The van der Waals surface area contributed by atoms with Crippen molar-refractivity contribution in [2.24, 2.45) is 0 Å². The van der Waals surface area contributed by atoms with Crippen LogP contribution in [0.1, 0.15) is 27.0 Å². The third kappa shape index (κ3) is 4.96. The fourth-order valence-electron chi connectivity index (χ4n) is 2.77. The smallest absolute Gasteiger partial charge is 0.261 e. The Morgan fingerprint density at radius 3 is 2.14 bits per heavy atom. The highest BCUT2D eigenvalue weighted by atomic mass is 35.5. The standard InChI is InChI=1S/C22H21ClN2O3S/c1-14-5-11-19(20(23)12-14)22(26)24-17-7-9-18(10-8-17)29(27,28)25-21-13-15(2)4-6-16(21)3/h4-13,25H,1-3H3,(H,24,26). The van der Waals surface area contributed by atoms with Crippen molar-refractivity contribution < 1.29 is 13.2 Å². The molecule has 0 aliphatic carbocycles. The summed E-state index contributed by atoms with van der Waals surface area (Å²) in [4.78, 5) is 12.5. The van der Waals surface area contributed by atoms with E-state index in [1.54, 1.807) is 24.3 Å². The van der Waals surface area contributed by atoms with Crippen LogP contribution in [0.25, 0.3) is 0 Å². The van der Waals surface area contributed by atoms with Crippen molar-refractivity contribution in [2.75, 3.05) is 10.0 Å². The number of rotatable bonds is 5. The van der Waals surface area contributed by atoms with E-state index in [2.05, 4.69) is 10.0 Å². The van der Waals surface area contributed by atoms with Gasteiger partial charge in [0, 0.05) is 5.69 Å². The highest BCUT2D eigenvalue weighted by Gasteiger charge is 2.16. The molecule has 150 valence electrons. The molecular formula is C22H21ClN2O3S. The van der Waals surface area contributed by atoms with Gasteiger partial charge in [-0.2, -0.15) is 0 Å². The van der Waals surface area contributed by atoms with Crippen LogP contribution in [-0.4, -0.2) is 14.3 Å². The van der Waals surface area contributed by atoms with Crippen LogP contribution >= 0.6 is 11.6 Å². The molecule has 29 heavy (non-hydrogen) atoms. The zero-order valence-electron chi connectivity index (χ0n) is 16.3. The van der Waals surface area contributed by atoms with Crippen molar-refractivity contribution in [3.63, 3.8) is 0 Å². The van der Waals surface area contributed by atoms with Gasteiger partial charge in [0.2, 0.25) is 0 Å². The monoisotopic (exact) mass is 428 g/mol. The Labute approximate surface area is 175 Å². The molecule has 0 aliphatic rings. The van der Waals surface area contributed by atoms with E-state index in [-0.39, 0.29) is 10.8 Å². The molecular weight excluding hydrogens is 408 g/mol. The molecule has 0 atom stereocenters. The second-order valence-corrected chi connectivity index (χ2v) is 8.98. The van der Waals surface area contributed by atoms with Crippen molar-refractivity contribution in [1.82, 2.24) is 0 Å². The summed E-state index contributed by atoms with van der Waals surface area (Å²) in [5, 5.41) is 3.09. The minimum atomic E-state index is -3.75. The van der Waals surface area contributed by atoms with Crippen LogP contribution in [0.2, 0.25) is 5.02 Å². The average molecular weight is 429 g/mol. The Hall–Kier alpha value is -2.83. The van der Waals surface area contributed by atoms with Crippen LogP contribution in [0, 0.1) is 20.8 Å². The summed E-state index contributed by atoms with van der Waals surface area (Å²) in [5.41, 5.74) is 4.11. The lowest BCUT2D eigenvalue weighted by molar-refractivity contribution is 0.102. The van der Waals surface area contributed by atoms with Gasteiger partial charge in [0.15, 0.2) is 0 Å². The lowest BCUT2D eigenvalue weighted by Gasteiger charge is -2.12. The minimum absolute atomic E-state index is 0.102. The molecule has 0 spiro atoms. The van der Waals surface area contributed by atoms with Crippen molar-refractivity contribution >= 4 is 38.9 Å². The number of carbonyl (C=O) groups is 1. The summed E-state index contributed by atoms with van der Waals surface area (Å²) >= 11 is 6.13. The highest BCUT2D eigenvalue weighted by molar-refractivity contribution is 7.92. The fraction of sp³-hybridized carbons (Fsp3) is 0.136. The predicted octanol–water partition coefficient (Wildman–Crippen LogP) is 5.32. The number of sulfonamides is 1. The Kier molecular flexibility index (Phi) is 5.96. The lowest BCUT2D eigenvalue weighted by atomic mass is 10.1.